The van der Waals surface area contributed by atoms with Gasteiger partial charge in [0.2, 0.25) is 0 Å². The normalized spacial score (nSPS) is 16.7. The van der Waals surface area contributed by atoms with Gasteiger partial charge in [0.15, 0.2) is 0 Å². The van der Waals surface area contributed by atoms with Gasteiger partial charge in [0.25, 0.3) is 0 Å². The lowest BCUT2D eigenvalue weighted by molar-refractivity contribution is -0.147. The quantitative estimate of drug-likeness (QED) is 0.865. The van der Waals surface area contributed by atoms with E-state index in [0.717, 1.165) is 6.07 Å². The molecule has 0 aromatic carbocycles. The van der Waals surface area contributed by atoms with Gasteiger partial charge in [-0.25, -0.2) is 4.98 Å². The molecule has 1 aliphatic heterocycles. The number of hydrogen-bond donors (Lipinski definition) is 1. The van der Waals surface area contributed by atoms with Gasteiger partial charge < -0.3 is 15.4 Å². The molecule has 1 aliphatic rings. The second-order valence-corrected chi connectivity index (χ2v) is 5.18. The number of nitrogens with two attached hydrogens (primary N) is 1. The largest absolute Gasteiger partial charge is 0.462 e. The molecule has 2 rings (SSSR count). The Morgan fingerprint density at radius 2 is 2.05 bits per heavy atom. The number of carbonyl (C=O) groups is 1. The Bertz CT molecular complexity index is 541. The number of esters is 1. The van der Waals surface area contributed by atoms with Crippen LogP contribution < -0.4 is 10.6 Å². The van der Waals surface area contributed by atoms with Crippen LogP contribution in [0.5, 0.6) is 0 Å². The van der Waals surface area contributed by atoms with E-state index in [1.165, 1.54) is 13.0 Å². The zero-order chi connectivity index (χ0) is 16.3. The number of nitrogens with zero attached hydrogens (tertiary/aromatic N) is 2. The van der Waals surface area contributed by atoms with Crippen molar-refractivity contribution in [3.63, 3.8) is 0 Å². The molecule has 0 amide bonds. The molecule has 1 aromatic rings. The molecule has 122 valence electrons. The molecule has 5 nitrogen and oxygen atoms in total. The standard InChI is InChI=1S/C14H18F3N3O2/c1-9(21)22-11-4-6-20(7-5-11)13-10(8-18)2-3-12(19-13)14(15,16)17/h2-3,11H,4-8,18H2,1H3. The lowest BCUT2D eigenvalue weighted by Crippen LogP contribution is -2.39. The van der Waals surface area contributed by atoms with Crippen molar-refractivity contribution in [2.24, 2.45) is 5.73 Å². The van der Waals surface area contributed by atoms with E-state index in [-0.39, 0.29) is 24.4 Å². The van der Waals surface area contributed by atoms with Gasteiger partial charge in [0.1, 0.15) is 17.6 Å². The third-order valence-corrected chi connectivity index (χ3v) is 3.54. The summed E-state index contributed by atoms with van der Waals surface area (Å²) in [6.45, 7) is 2.40. The van der Waals surface area contributed by atoms with Crippen molar-refractivity contribution in [3.05, 3.63) is 23.4 Å². The van der Waals surface area contributed by atoms with Crippen LogP contribution in [-0.4, -0.2) is 30.1 Å². The molecule has 0 saturated carbocycles. The van der Waals surface area contributed by atoms with Gasteiger partial charge in [-0.3, -0.25) is 4.79 Å². The zero-order valence-corrected chi connectivity index (χ0v) is 12.2. The molecule has 0 unspecified atom stereocenters. The summed E-state index contributed by atoms with van der Waals surface area (Å²) in [5.41, 5.74) is 5.23. The predicted octanol–water partition coefficient (Wildman–Crippen LogP) is 2.09. The predicted molar refractivity (Wildman–Crippen MR) is 74.1 cm³/mol. The fourth-order valence-electron chi connectivity index (χ4n) is 2.49. The lowest BCUT2D eigenvalue weighted by atomic mass is 10.1. The Morgan fingerprint density at radius 1 is 1.41 bits per heavy atom. The highest BCUT2D eigenvalue weighted by Gasteiger charge is 2.34. The van der Waals surface area contributed by atoms with Crippen molar-refractivity contribution in [1.29, 1.82) is 0 Å². The van der Waals surface area contributed by atoms with E-state index in [2.05, 4.69) is 4.98 Å². The van der Waals surface area contributed by atoms with E-state index < -0.39 is 11.9 Å². The molecular weight excluding hydrogens is 299 g/mol. The third-order valence-electron chi connectivity index (χ3n) is 3.54. The summed E-state index contributed by atoms with van der Waals surface area (Å²) in [4.78, 5) is 16.4. The summed E-state index contributed by atoms with van der Waals surface area (Å²) in [5.74, 6) is -0.0862. The molecule has 0 radical (unpaired) electrons. The van der Waals surface area contributed by atoms with Crippen LogP contribution in [0.25, 0.3) is 0 Å². The van der Waals surface area contributed by atoms with E-state index in [1.54, 1.807) is 4.90 Å². The van der Waals surface area contributed by atoms with Crippen molar-refractivity contribution < 1.29 is 22.7 Å². The molecule has 8 heteroatoms. The van der Waals surface area contributed by atoms with Crippen LogP contribution in [0.4, 0.5) is 19.0 Å². The first-order chi connectivity index (χ1) is 10.3. The first kappa shape index (κ1) is 16.5. The Balaban J connectivity index is 2.16. The highest BCUT2D eigenvalue weighted by Crippen LogP contribution is 2.31. The number of rotatable bonds is 3. The summed E-state index contributed by atoms with van der Waals surface area (Å²) in [7, 11) is 0. The molecule has 2 heterocycles. The number of carbonyl (C=O) groups excluding carboxylic acids is 1. The molecule has 22 heavy (non-hydrogen) atoms. The van der Waals surface area contributed by atoms with Crippen molar-refractivity contribution in [2.75, 3.05) is 18.0 Å². The molecule has 1 aromatic heterocycles. The van der Waals surface area contributed by atoms with Crippen molar-refractivity contribution >= 4 is 11.8 Å². The minimum atomic E-state index is -4.49. The number of hydrogen-bond acceptors (Lipinski definition) is 5. The van der Waals surface area contributed by atoms with Crippen LogP contribution in [-0.2, 0) is 22.3 Å². The minimum Gasteiger partial charge on any atom is -0.462 e. The number of anilines is 1. The molecule has 0 bridgehead atoms. The smallest absolute Gasteiger partial charge is 0.433 e. The maximum atomic E-state index is 12.8. The van der Waals surface area contributed by atoms with Crippen LogP contribution in [0.1, 0.15) is 31.0 Å². The van der Waals surface area contributed by atoms with Crippen molar-refractivity contribution in [3.8, 4) is 0 Å². The molecule has 1 saturated heterocycles. The number of alkyl halides is 3. The van der Waals surface area contributed by atoms with Crippen LogP contribution in [0.3, 0.4) is 0 Å². The first-order valence-electron chi connectivity index (χ1n) is 7.00. The average molecular weight is 317 g/mol. The number of pyridine rings is 1. The molecule has 2 N–H and O–H groups in total. The summed E-state index contributed by atoms with van der Waals surface area (Å²) < 4.78 is 43.5. The molecule has 0 aliphatic carbocycles. The third kappa shape index (κ3) is 3.88. The molecule has 0 spiro atoms. The highest BCUT2D eigenvalue weighted by molar-refractivity contribution is 5.66. The van der Waals surface area contributed by atoms with E-state index in [9.17, 15) is 18.0 Å². The summed E-state index contributed by atoms with van der Waals surface area (Å²) in [6.07, 6.45) is -3.57. The highest BCUT2D eigenvalue weighted by atomic mass is 19.4. The summed E-state index contributed by atoms with van der Waals surface area (Å²) in [5, 5.41) is 0. The van der Waals surface area contributed by atoms with Crippen LogP contribution in [0.2, 0.25) is 0 Å². The van der Waals surface area contributed by atoms with E-state index in [0.29, 0.717) is 31.5 Å². The van der Waals surface area contributed by atoms with Gasteiger partial charge in [-0.15, -0.1) is 0 Å². The van der Waals surface area contributed by atoms with Gasteiger partial charge >= 0.3 is 12.1 Å². The van der Waals surface area contributed by atoms with Gasteiger partial charge in [0, 0.05) is 45.0 Å². The number of ether oxygens (including phenoxy) is 1. The van der Waals surface area contributed by atoms with Crippen LogP contribution >= 0.6 is 0 Å². The first-order valence-corrected chi connectivity index (χ1v) is 7.00. The van der Waals surface area contributed by atoms with Gasteiger partial charge in [-0.05, 0) is 6.07 Å². The fourth-order valence-corrected chi connectivity index (χ4v) is 2.49. The monoisotopic (exact) mass is 317 g/mol. The van der Waals surface area contributed by atoms with Crippen molar-refractivity contribution in [1.82, 2.24) is 4.98 Å². The zero-order valence-electron chi connectivity index (χ0n) is 12.2. The molecule has 0 atom stereocenters. The summed E-state index contributed by atoms with van der Waals surface area (Å²) >= 11 is 0. The number of halogens is 3. The lowest BCUT2D eigenvalue weighted by Gasteiger charge is -2.33. The van der Waals surface area contributed by atoms with Gasteiger partial charge in [-0.1, -0.05) is 6.07 Å². The molecular formula is C14H18F3N3O2. The topological polar surface area (TPSA) is 68.5 Å². The van der Waals surface area contributed by atoms with Crippen LogP contribution in [0.15, 0.2) is 12.1 Å². The number of aromatic nitrogens is 1. The molecule has 1 fully saturated rings. The van der Waals surface area contributed by atoms with Crippen molar-refractivity contribution in [2.45, 2.75) is 38.6 Å². The van der Waals surface area contributed by atoms with Crippen LogP contribution in [0, 0.1) is 0 Å². The SMILES string of the molecule is CC(=O)OC1CCN(c2nc(C(F)(F)F)ccc2CN)CC1. The van der Waals surface area contributed by atoms with Gasteiger partial charge in [0.05, 0.1) is 0 Å². The Labute approximate surface area is 126 Å². The Hall–Kier alpha value is -1.83. The Morgan fingerprint density at radius 3 is 2.55 bits per heavy atom. The van der Waals surface area contributed by atoms with E-state index in [1.807, 2.05) is 0 Å². The Kier molecular flexibility index (Phi) is 4.90. The fraction of sp³-hybridized carbons (Fsp3) is 0.571. The second-order valence-electron chi connectivity index (χ2n) is 5.18. The van der Waals surface area contributed by atoms with E-state index >= 15 is 0 Å². The second kappa shape index (κ2) is 6.51. The van der Waals surface area contributed by atoms with Gasteiger partial charge in [-0.2, -0.15) is 13.2 Å². The average Bonchev–Trinajstić information content (AvgIpc) is 2.46. The maximum Gasteiger partial charge on any atom is 0.433 e. The summed E-state index contributed by atoms with van der Waals surface area (Å²) in [6, 6.07) is 2.31. The van der Waals surface area contributed by atoms with E-state index in [4.69, 9.17) is 10.5 Å². The minimum absolute atomic E-state index is 0.115. The number of piperidine rings is 1. The maximum absolute atomic E-state index is 12.8.